The van der Waals surface area contributed by atoms with Crippen LogP contribution in [0.3, 0.4) is 0 Å². The van der Waals surface area contributed by atoms with E-state index in [1.165, 1.54) is 27.8 Å². The number of carbonyl (C=O) groups excluding carboxylic acids is 1. The van der Waals surface area contributed by atoms with Crippen LogP contribution in [0.4, 0.5) is 0 Å². The molecular weight excluding hydrogens is 318 g/mol. The SMILES string of the molecule is CC[C@@H](NC(=O)CCc1ccc(C(C)(C)C)cc1)c1ccc(C)cc1C. The number of hydrogen-bond donors (Lipinski definition) is 1. The molecule has 2 aromatic rings. The molecule has 2 nitrogen and oxygen atoms in total. The molecule has 0 unspecified atom stereocenters. The molecule has 0 saturated heterocycles. The normalized spacial score (nSPS) is 12.7. The molecule has 0 saturated carbocycles. The lowest BCUT2D eigenvalue weighted by molar-refractivity contribution is -0.121. The number of aryl methyl sites for hydroxylation is 3. The van der Waals surface area contributed by atoms with Crippen molar-refractivity contribution >= 4 is 5.91 Å². The van der Waals surface area contributed by atoms with Crippen molar-refractivity contribution in [2.75, 3.05) is 0 Å². The highest BCUT2D eigenvalue weighted by Crippen LogP contribution is 2.23. The zero-order chi connectivity index (χ0) is 19.3. The molecule has 2 aromatic carbocycles. The summed E-state index contributed by atoms with van der Waals surface area (Å²) in [6, 6.07) is 15.2. The van der Waals surface area contributed by atoms with Crippen LogP contribution in [-0.4, -0.2) is 5.91 Å². The second kappa shape index (κ2) is 8.53. The van der Waals surface area contributed by atoms with Gasteiger partial charge in [0.1, 0.15) is 0 Å². The summed E-state index contributed by atoms with van der Waals surface area (Å²) in [5.41, 5.74) is 6.43. The van der Waals surface area contributed by atoms with Gasteiger partial charge < -0.3 is 5.32 Å². The minimum Gasteiger partial charge on any atom is -0.349 e. The number of carbonyl (C=O) groups is 1. The Hall–Kier alpha value is -2.09. The van der Waals surface area contributed by atoms with Crippen LogP contribution >= 0.6 is 0 Å². The first kappa shape index (κ1) is 20.2. The largest absolute Gasteiger partial charge is 0.349 e. The van der Waals surface area contributed by atoms with Gasteiger partial charge in [0, 0.05) is 6.42 Å². The highest BCUT2D eigenvalue weighted by Gasteiger charge is 2.15. The Bertz CT molecular complexity index is 738. The monoisotopic (exact) mass is 351 g/mol. The van der Waals surface area contributed by atoms with Gasteiger partial charge in [-0.05, 0) is 54.4 Å². The molecule has 1 N–H and O–H groups in total. The molecule has 0 aliphatic rings. The third-order valence-corrected chi connectivity index (χ3v) is 5.00. The Labute approximate surface area is 159 Å². The molecule has 0 heterocycles. The molecule has 1 amide bonds. The van der Waals surface area contributed by atoms with Crippen molar-refractivity contribution in [1.29, 1.82) is 0 Å². The molecule has 0 radical (unpaired) electrons. The standard InChI is InChI=1S/C24H33NO/c1-7-22(21-14-8-17(2)16-18(21)3)25-23(26)15-11-19-9-12-20(13-10-19)24(4,5)6/h8-10,12-14,16,22H,7,11,15H2,1-6H3,(H,25,26)/t22-/m1/s1. The Kier molecular flexibility index (Phi) is 6.63. The first-order valence-corrected chi connectivity index (χ1v) is 9.66. The fourth-order valence-corrected chi connectivity index (χ4v) is 3.31. The van der Waals surface area contributed by atoms with Crippen molar-refractivity contribution in [3.05, 3.63) is 70.3 Å². The molecule has 0 aromatic heterocycles. The van der Waals surface area contributed by atoms with Crippen LogP contribution in [0, 0.1) is 13.8 Å². The first-order valence-electron chi connectivity index (χ1n) is 9.66. The van der Waals surface area contributed by atoms with Crippen molar-refractivity contribution in [2.45, 2.75) is 72.3 Å². The summed E-state index contributed by atoms with van der Waals surface area (Å²) in [6.07, 6.45) is 2.20. The third-order valence-electron chi connectivity index (χ3n) is 5.00. The summed E-state index contributed by atoms with van der Waals surface area (Å²) in [7, 11) is 0. The second-order valence-corrected chi connectivity index (χ2v) is 8.34. The van der Waals surface area contributed by atoms with Gasteiger partial charge in [-0.3, -0.25) is 4.79 Å². The van der Waals surface area contributed by atoms with E-state index >= 15 is 0 Å². The van der Waals surface area contributed by atoms with Crippen LogP contribution < -0.4 is 5.32 Å². The molecule has 140 valence electrons. The van der Waals surface area contributed by atoms with Gasteiger partial charge in [0.25, 0.3) is 0 Å². The van der Waals surface area contributed by atoms with Crippen LogP contribution in [0.25, 0.3) is 0 Å². The van der Waals surface area contributed by atoms with Crippen molar-refractivity contribution < 1.29 is 4.79 Å². The fourth-order valence-electron chi connectivity index (χ4n) is 3.31. The zero-order valence-corrected chi connectivity index (χ0v) is 17.1. The van der Waals surface area contributed by atoms with Crippen molar-refractivity contribution in [1.82, 2.24) is 5.32 Å². The highest BCUT2D eigenvalue weighted by molar-refractivity contribution is 5.76. The lowest BCUT2D eigenvalue weighted by Crippen LogP contribution is -2.28. The van der Waals surface area contributed by atoms with Gasteiger partial charge in [0.15, 0.2) is 0 Å². The third kappa shape index (κ3) is 5.45. The summed E-state index contributed by atoms with van der Waals surface area (Å²) < 4.78 is 0. The summed E-state index contributed by atoms with van der Waals surface area (Å²) >= 11 is 0. The lowest BCUT2D eigenvalue weighted by Gasteiger charge is -2.20. The number of hydrogen-bond acceptors (Lipinski definition) is 1. The van der Waals surface area contributed by atoms with Gasteiger partial charge in [0.05, 0.1) is 6.04 Å². The van der Waals surface area contributed by atoms with Gasteiger partial charge in [-0.1, -0.05) is 75.7 Å². The Morgan fingerprint density at radius 3 is 2.23 bits per heavy atom. The van der Waals surface area contributed by atoms with Crippen molar-refractivity contribution in [3.63, 3.8) is 0 Å². The van der Waals surface area contributed by atoms with E-state index in [4.69, 9.17) is 0 Å². The second-order valence-electron chi connectivity index (χ2n) is 8.34. The maximum atomic E-state index is 12.5. The highest BCUT2D eigenvalue weighted by atomic mass is 16.1. The maximum absolute atomic E-state index is 12.5. The quantitative estimate of drug-likeness (QED) is 0.700. The number of benzene rings is 2. The van der Waals surface area contributed by atoms with Crippen LogP contribution in [0.2, 0.25) is 0 Å². The molecule has 2 rings (SSSR count). The molecule has 2 heteroatoms. The number of amides is 1. The molecule has 0 bridgehead atoms. The Morgan fingerprint density at radius 2 is 1.69 bits per heavy atom. The van der Waals surface area contributed by atoms with Gasteiger partial charge in [0.2, 0.25) is 5.91 Å². The van der Waals surface area contributed by atoms with Crippen LogP contribution in [-0.2, 0) is 16.6 Å². The van der Waals surface area contributed by atoms with Gasteiger partial charge in [-0.25, -0.2) is 0 Å². The summed E-state index contributed by atoms with van der Waals surface area (Å²) in [6.45, 7) is 13.0. The van der Waals surface area contributed by atoms with E-state index in [0.717, 1.165) is 12.8 Å². The molecule has 0 aliphatic heterocycles. The maximum Gasteiger partial charge on any atom is 0.220 e. The number of rotatable bonds is 6. The fraction of sp³-hybridized carbons (Fsp3) is 0.458. The van der Waals surface area contributed by atoms with E-state index in [1.807, 2.05) is 0 Å². The molecular formula is C24H33NO. The Morgan fingerprint density at radius 1 is 1.04 bits per heavy atom. The molecule has 1 atom stereocenters. The summed E-state index contributed by atoms with van der Waals surface area (Å²) in [5.74, 6) is 0.122. The molecule has 0 fully saturated rings. The van der Waals surface area contributed by atoms with E-state index in [9.17, 15) is 4.79 Å². The van der Waals surface area contributed by atoms with E-state index < -0.39 is 0 Å². The predicted molar refractivity (Wildman–Crippen MR) is 111 cm³/mol. The molecule has 0 aliphatic carbocycles. The van der Waals surface area contributed by atoms with Gasteiger partial charge in [-0.2, -0.15) is 0 Å². The average molecular weight is 352 g/mol. The van der Waals surface area contributed by atoms with Gasteiger partial charge >= 0.3 is 0 Å². The van der Waals surface area contributed by atoms with E-state index in [-0.39, 0.29) is 17.4 Å². The zero-order valence-electron chi connectivity index (χ0n) is 17.1. The van der Waals surface area contributed by atoms with E-state index in [1.54, 1.807) is 0 Å². The van der Waals surface area contributed by atoms with Crippen LogP contribution in [0.15, 0.2) is 42.5 Å². The van der Waals surface area contributed by atoms with Gasteiger partial charge in [-0.15, -0.1) is 0 Å². The predicted octanol–water partition coefficient (Wildman–Crippen LogP) is 5.80. The van der Waals surface area contributed by atoms with Crippen molar-refractivity contribution in [2.24, 2.45) is 0 Å². The minimum atomic E-state index is 0.0892. The molecule has 26 heavy (non-hydrogen) atoms. The number of nitrogens with one attached hydrogen (secondary N) is 1. The minimum absolute atomic E-state index is 0.0892. The first-order chi connectivity index (χ1) is 12.2. The van der Waals surface area contributed by atoms with E-state index in [0.29, 0.717) is 6.42 Å². The summed E-state index contributed by atoms with van der Waals surface area (Å²) in [4.78, 5) is 12.5. The molecule has 0 spiro atoms. The topological polar surface area (TPSA) is 29.1 Å². The van der Waals surface area contributed by atoms with Crippen molar-refractivity contribution in [3.8, 4) is 0 Å². The summed E-state index contributed by atoms with van der Waals surface area (Å²) in [5, 5.41) is 3.21. The van der Waals surface area contributed by atoms with E-state index in [2.05, 4.69) is 89.3 Å². The lowest BCUT2D eigenvalue weighted by atomic mass is 9.86. The van der Waals surface area contributed by atoms with Crippen LogP contribution in [0.5, 0.6) is 0 Å². The average Bonchev–Trinajstić information content (AvgIpc) is 2.58. The smallest absolute Gasteiger partial charge is 0.220 e. The Balaban J connectivity index is 1.95. The van der Waals surface area contributed by atoms with Crippen LogP contribution in [0.1, 0.15) is 74.4 Å².